The molecule has 0 bridgehead atoms. The van der Waals surface area contributed by atoms with E-state index in [0.29, 0.717) is 26.7 Å². The van der Waals surface area contributed by atoms with Crippen molar-refractivity contribution in [2.24, 2.45) is 0 Å². The van der Waals surface area contributed by atoms with E-state index < -0.39 is 30.3 Å². The van der Waals surface area contributed by atoms with Crippen LogP contribution in [0.15, 0.2) is 40.9 Å². The first-order valence-electron chi connectivity index (χ1n) is 9.59. The molecule has 162 valence electrons. The molecular formula is C22H20BrFN2O5. The highest BCUT2D eigenvalue weighted by atomic mass is 79.9. The van der Waals surface area contributed by atoms with Gasteiger partial charge in [-0.3, -0.25) is 24.1 Å². The number of rotatable bonds is 8. The van der Waals surface area contributed by atoms with Crippen molar-refractivity contribution in [1.82, 2.24) is 10.2 Å². The maximum Gasteiger partial charge on any atom is 0.306 e. The van der Waals surface area contributed by atoms with Crippen LogP contribution in [0.2, 0.25) is 0 Å². The van der Waals surface area contributed by atoms with Gasteiger partial charge in [0.1, 0.15) is 5.82 Å². The van der Waals surface area contributed by atoms with Gasteiger partial charge in [0.15, 0.2) is 6.61 Å². The minimum Gasteiger partial charge on any atom is -0.456 e. The number of benzene rings is 2. The molecule has 3 rings (SSSR count). The van der Waals surface area contributed by atoms with Gasteiger partial charge >= 0.3 is 5.97 Å². The van der Waals surface area contributed by atoms with E-state index in [2.05, 4.69) is 21.2 Å². The van der Waals surface area contributed by atoms with Gasteiger partial charge < -0.3 is 10.1 Å². The van der Waals surface area contributed by atoms with Crippen molar-refractivity contribution in [2.45, 2.75) is 26.3 Å². The maximum absolute atomic E-state index is 13.5. The van der Waals surface area contributed by atoms with Crippen molar-refractivity contribution in [3.05, 3.63) is 68.9 Å². The molecule has 31 heavy (non-hydrogen) atoms. The van der Waals surface area contributed by atoms with Crippen LogP contribution >= 0.6 is 15.9 Å². The zero-order valence-corrected chi connectivity index (χ0v) is 18.3. The van der Waals surface area contributed by atoms with E-state index in [0.717, 1.165) is 4.90 Å². The van der Waals surface area contributed by atoms with Crippen LogP contribution in [0.3, 0.4) is 0 Å². The third kappa shape index (κ3) is 5.55. The number of imide groups is 1. The van der Waals surface area contributed by atoms with Crippen LogP contribution in [0.1, 0.15) is 44.7 Å². The number of hydrogen-bond acceptors (Lipinski definition) is 5. The summed E-state index contributed by atoms with van der Waals surface area (Å²) in [5.74, 6) is -2.28. The molecule has 0 saturated heterocycles. The highest BCUT2D eigenvalue weighted by Crippen LogP contribution is 2.26. The zero-order valence-electron chi connectivity index (χ0n) is 16.7. The summed E-state index contributed by atoms with van der Waals surface area (Å²) in [6.07, 6.45) is 0.170. The lowest BCUT2D eigenvalue weighted by molar-refractivity contribution is -0.148. The molecule has 1 aliphatic rings. The molecule has 0 aromatic heterocycles. The molecule has 0 atom stereocenters. The molecule has 2 aromatic rings. The number of amides is 3. The molecule has 0 radical (unpaired) electrons. The summed E-state index contributed by atoms with van der Waals surface area (Å²) in [6, 6.07) is 9.50. The Hall–Kier alpha value is -3.07. The van der Waals surface area contributed by atoms with Crippen LogP contribution in [0.25, 0.3) is 0 Å². The Bertz CT molecular complexity index is 1060. The average molecular weight is 491 g/mol. The molecule has 1 aliphatic heterocycles. The van der Waals surface area contributed by atoms with E-state index >= 15 is 0 Å². The molecule has 1 heterocycles. The van der Waals surface area contributed by atoms with Crippen molar-refractivity contribution < 1.29 is 28.3 Å². The second-order valence-electron chi connectivity index (χ2n) is 7.08. The van der Waals surface area contributed by atoms with Crippen LogP contribution in [0, 0.1) is 12.7 Å². The van der Waals surface area contributed by atoms with Gasteiger partial charge in [0, 0.05) is 24.0 Å². The molecule has 0 aliphatic carbocycles. The summed E-state index contributed by atoms with van der Waals surface area (Å²) < 4.78 is 19.1. The number of aryl methyl sites for hydroxylation is 1. The SMILES string of the molecule is Cc1ccc(CNC(=O)COC(=O)CCCN2C(=O)c3ccc(Br)cc3C2=O)cc1F. The molecule has 9 heteroatoms. The molecule has 7 nitrogen and oxygen atoms in total. The van der Waals surface area contributed by atoms with E-state index in [-0.39, 0.29) is 31.7 Å². The largest absolute Gasteiger partial charge is 0.456 e. The highest BCUT2D eigenvalue weighted by Gasteiger charge is 2.35. The first-order chi connectivity index (χ1) is 14.8. The Balaban J connectivity index is 1.38. The van der Waals surface area contributed by atoms with Gasteiger partial charge in [-0.1, -0.05) is 28.1 Å². The molecule has 3 amide bonds. The third-order valence-corrected chi connectivity index (χ3v) is 5.28. The molecule has 2 aromatic carbocycles. The lowest BCUT2D eigenvalue weighted by Gasteiger charge is -2.13. The Labute approximate surface area is 186 Å². The van der Waals surface area contributed by atoms with Gasteiger partial charge in [0.25, 0.3) is 17.7 Å². The van der Waals surface area contributed by atoms with Crippen molar-refractivity contribution in [3.63, 3.8) is 0 Å². The first kappa shape index (κ1) is 22.6. The monoisotopic (exact) mass is 490 g/mol. The lowest BCUT2D eigenvalue weighted by atomic mass is 10.1. The van der Waals surface area contributed by atoms with Crippen LogP contribution in [-0.4, -0.2) is 41.7 Å². The first-order valence-corrected chi connectivity index (χ1v) is 10.4. The number of fused-ring (bicyclic) bond motifs is 1. The van der Waals surface area contributed by atoms with Crippen molar-refractivity contribution in [1.29, 1.82) is 0 Å². The van der Waals surface area contributed by atoms with Crippen molar-refractivity contribution >= 4 is 39.6 Å². The molecule has 0 fully saturated rings. The van der Waals surface area contributed by atoms with E-state index in [4.69, 9.17) is 4.74 Å². The van der Waals surface area contributed by atoms with Gasteiger partial charge in [-0.15, -0.1) is 0 Å². The van der Waals surface area contributed by atoms with Gasteiger partial charge in [-0.25, -0.2) is 4.39 Å². The second-order valence-corrected chi connectivity index (χ2v) is 7.99. The number of ether oxygens (including phenoxy) is 1. The van der Waals surface area contributed by atoms with Crippen LogP contribution in [0.4, 0.5) is 4.39 Å². The summed E-state index contributed by atoms with van der Waals surface area (Å²) >= 11 is 3.27. The Kier molecular flexibility index (Phi) is 7.17. The topological polar surface area (TPSA) is 92.8 Å². The number of nitrogens with one attached hydrogen (secondary N) is 1. The fraction of sp³-hybridized carbons (Fsp3) is 0.273. The van der Waals surface area contributed by atoms with Crippen molar-refractivity contribution in [2.75, 3.05) is 13.2 Å². The second kappa shape index (κ2) is 9.82. The van der Waals surface area contributed by atoms with Crippen molar-refractivity contribution in [3.8, 4) is 0 Å². The van der Waals surface area contributed by atoms with Gasteiger partial charge in [0.2, 0.25) is 0 Å². The van der Waals surface area contributed by atoms with E-state index in [1.54, 1.807) is 37.3 Å². The molecule has 1 N–H and O–H groups in total. The number of carbonyl (C=O) groups is 4. The van der Waals surface area contributed by atoms with Gasteiger partial charge in [0.05, 0.1) is 11.1 Å². The minimum absolute atomic E-state index is 0.0481. The maximum atomic E-state index is 13.5. The lowest BCUT2D eigenvalue weighted by Crippen LogP contribution is -2.31. The number of halogens is 2. The predicted molar refractivity (Wildman–Crippen MR) is 113 cm³/mol. The quantitative estimate of drug-likeness (QED) is 0.453. The molecule has 0 unspecified atom stereocenters. The van der Waals surface area contributed by atoms with Gasteiger partial charge in [-0.2, -0.15) is 0 Å². The standard InChI is InChI=1S/C22H20BrFN2O5/c1-13-4-5-14(9-18(13)24)11-25-19(27)12-31-20(28)3-2-8-26-21(29)16-7-6-15(23)10-17(16)22(26)30/h4-7,9-10H,2-3,8,11-12H2,1H3,(H,25,27). The van der Waals surface area contributed by atoms with E-state index in [1.807, 2.05) is 0 Å². The fourth-order valence-corrected chi connectivity index (χ4v) is 3.42. The average Bonchev–Trinajstić information content (AvgIpc) is 2.97. The summed E-state index contributed by atoms with van der Waals surface area (Å²) in [5.41, 5.74) is 1.77. The van der Waals surface area contributed by atoms with Crippen LogP contribution in [-0.2, 0) is 20.9 Å². The summed E-state index contributed by atoms with van der Waals surface area (Å²) in [7, 11) is 0. The fourth-order valence-electron chi connectivity index (χ4n) is 3.06. The van der Waals surface area contributed by atoms with Crippen LogP contribution < -0.4 is 5.32 Å². The van der Waals surface area contributed by atoms with E-state index in [9.17, 15) is 23.6 Å². The summed E-state index contributed by atoms with van der Waals surface area (Å²) in [4.78, 5) is 49.5. The summed E-state index contributed by atoms with van der Waals surface area (Å²) in [5, 5.41) is 2.54. The Morgan fingerprint density at radius 2 is 1.84 bits per heavy atom. The number of esters is 1. The van der Waals surface area contributed by atoms with E-state index in [1.165, 1.54) is 6.07 Å². The Morgan fingerprint density at radius 1 is 1.10 bits per heavy atom. The summed E-state index contributed by atoms with van der Waals surface area (Å²) in [6.45, 7) is 1.37. The normalized spacial score (nSPS) is 12.7. The predicted octanol–water partition coefficient (Wildman–Crippen LogP) is 3.13. The van der Waals surface area contributed by atoms with Crippen LogP contribution in [0.5, 0.6) is 0 Å². The minimum atomic E-state index is -0.615. The number of carbonyl (C=O) groups excluding carboxylic acids is 4. The molecular weight excluding hydrogens is 471 g/mol. The highest BCUT2D eigenvalue weighted by molar-refractivity contribution is 9.10. The zero-order chi connectivity index (χ0) is 22.5. The Morgan fingerprint density at radius 3 is 2.58 bits per heavy atom. The number of hydrogen-bond donors (Lipinski definition) is 1. The van der Waals surface area contributed by atoms with Gasteiger partial charge in [-0.05, 0) is 48.7 Å². The molecule has 0 saturated carbocycles. The molecule has 0 spiro atoms. The number of nitrogens with zero attached hydrogens (tertiary/aromatic N) is 1. The smallest absolute Gasteiger partial charge is 0.306 e. The third-order valence-electron chi connectivity index (χ3n) is 4.79.